The fourth-order valence-corrected chi connectivity index (χ4v) is 4.69. The lowest BCUT2D eigenvalue weighted by atomic mass is 9.91. The Bertz CT molecular complexity index is 499. The molecule has 2 unspecified atom stereocenters. The molecular formula is C32H60O3. The van der Waals surface area contributed by atoms with Crippen molar-refractivity contribution in [3.63, 3.8) is 0 Å². The first-order valence-corrected chi connectivity index (χ1v) is 15.1. The lowest BCUT2D eigenvalue weighted by Gasteiger charge is -2.24. The Morgan fingerprint density at radius 3 is 1.49 bits per heavy atom. The van der Waals surface area contributed by atoms with Crippen LogP contribution < -0.4 is 0 Å². The van der Waals surface area contributed by atoms with Crippen LogP contribution >= 0.6 is 0 Å². The van der Waals surface area contributed by atoms with Crippen molar-refractivity contribution in [2.45, 2.75) is 162 Å². The van der Waals surface area contributed by atoms with Gasteiger partial charge >= 0.3 is 5.97 Å². The van der Waals surface area contributed by atoms with Crippen molar-refractivity contribution in [1.29, 1.82) is 0 Å². The highest BCUT2D eigenvalue weighted by atomic mass is 16.7. The van der Waals surface area contributed by atoms with E-state index >= 15 is 0 Å². The van der Waals surface area contributed by atoms with E-state index in [1.807, 2.05) is 0 Å². The Morgan fingerprint density at radius 2 is 1.11 bits per heavy atom. The highest BCUT2D eigenvalue weighted by molar-refractivity contribution is 5.87. The summed E-state index contributed by atoms with van der Waals surface area (Å²) >= 11 is 0. The molecule has 0 aliphatic rings. The molecule has 0 saturated heterocycles. The SMILES string of the molecule is C=CCOC(CC(CCCCCCCCCC)CCCCCCCCCCCC)OC(=O)C(=C)C. The molecule has 0 fully saturated rings. The zero-order chi connectivity index (χ0) is 26.0. The maximum Gasteiger partial charge on any atom is 0.335 e. The zero-order valence-corrected chi connectivity index (χ0v) is 23.9. The Balaban J connectivity index is 4.45. The van der Waals surface area contributed by atoms with E-state index < -0.39 is 6.29 Å². The number of ether oxygens (including phenoxy) is 2. The maximum absolute atomic E-state index is 12.1. The van der Waals surface area contributed by atoms with Crippen LogP contribution in [0.4, 0.5) is 0 Å². The molecule has 0 N–H and O–H groups in total. The summed E-state index contributed by atoms with van der Waals surface area (Å²) in [5.41, 5.74) is 0.423. The van der Waals surface area contributed by atoms with Crippen LogP contribution in [0.5, 0.6) is 0 Å². The van der Waals surface area contributed by atoms with E-state index in [1.165, 1.54) is 128 Å². The van der Waals surface area contributed by atoms with Crippen LogP contribution in [0.15, 0.2) is 24.8 Å². The minimum atomic E-state index is -0.501. The van der Waals surface area contributed by atoms with Crippen molar-refractivity contribution in [1.82, 2.24) is 0 Å². The number of hydrogen-bond donors (Lipinski definition) is 0. The van der Waals surface area contributed by atoms with E-state index in [9.17, 15) is 4.79 Å². The number of hydrogen-bond acceptors (Lipinski definition) is 3. The summed E-state index contributed by atoms with van der Waals surface area (Å²) < 4.78 is 11.4. The van der Waals surface area contributed by atoms with Gasteiger partial charge in [-0.05, 0) is 12.8 Å². The molecule has 0 bridgehead atoms. The van der Waals surface area contributed by atoms with Crippen LogP contribution in [0.25, 0.3) is 0 Å². The van der Waals surface area contributed by atoms with E-state index in [0.29, 0.717) is 18.1 Å². The zero-order valence-electron chi connectivity index (χ0n) is 23.9. The van der Waals surface area contributed by atoms with Crippen molar-refractivity contribution >= 4 is 5.97 Å². The average molecular weight is 493 g/mol. The van der Waals surface area contributed by atoms with Crippen LogP contribution in [0.2, 0.25) is 0 Å². The minimum Gasteiger partial charge on any atom is -0.432 e. The summed E-state index contributed by atoms with van der Waals surface area (Å²) in [5.74, 6) is 0.181. The van der Waals surface area contributed by atoms with E-state index in [-0.39, 0.29) is 5.97 Å². The first kappa shape index (κ1) is 33.9. The summed E-state index contributed by atoms with van der Waals surface area (Å²) in [6.45, 7) is 14.1. The molecule has 0 radical (unpaired) electrons. The second-order valence-electron chi connectivity index (χ2n) is 10.6. The molecule has 3 nitrogen and oxygen atoms in total. The lowest BCUT2D eigenvalue weighted by Crippen LogP contribution is -2.25. The third-order valence-corrected chi connectivity index (χ3v) is 6.94. The molecule has 35 heavy (non-hydrogen) atoms. The van der Waals surface area contributed by atoms with Crippen molar-refractivity contribution < 1.29 is 14.3 Å². The van der Waals surface area contributed by atoms with Gasteiger partial charge in [0.15, 0.2) is 0 Å². The Kier molecular flexibility index (Phi) is 25.2. The van der Waals surface area contributed by atoms with Gasteiger partial charge in [0, 0.05) is 12.0 Å². The normalized spacial score (nSPS) is 12.9. The molecule has 0 rings (SSSR count). The molecule has 0 aliphatic heterocycles. The van der Waals surface area contributed by atoms with Gasteiger partial charge in [0.25, 0.3) is 0 Å². The largest absolute Gasteiger partial charge is 0.432 e. The Labute approximate surface area is 219 Å². The quantitative estimate of drug-likeness (QED) is 0.0376. The minimum absolute atomic E-state index is 0.358. The van der Waals surface area contributed by atoms with Gasteiger partial charge in [0.1, 0.15) is 0 Å². The van der Waals surface area contributed by atoms with E-state index in [0.717, 1.165) is 6.42 Å². The monoisotopic (exact) mass is 492 g/mol. The summed E-state index contributed by atoms with van der Waals surface area (Å²) in [6, 6.07) is 0. The van der Waals surface area contributed by atoms with Gasteiger partial charge in [-0.2, -0.15) is 0 Å². The maximum atomic E-state index is 12.1. The number of unbranched alkanes of at least 4 members (excludes halogenated alkanes) is 16. The van der Waals surface area contributed by atoms with Gasteiger partial charge < -0.3 is 9.47 Å². The Morgan fingerprint density at radius 1 is 0.714 bits per heavy atom. The van der Waals surface area contributed by atoms with E-state index in [2.05, 4.69) is 27.0 Å². The lowest BCUT2D eigenvalue weighted by molar-refractivity contribution is -0.175. The number of carbonyl (C=O) groups excluding carboxylic acids is 1. The second kappa shape index (κ2) is 26.0. The third-order valence-electron chi connectivity index (χ3n) is 6.94. The molecule has 206 valence electrons. The first-order valence-electron chi connectivity index (χ1n) is 15.1. The molecule has 3 heteroatoms. The molecule has 0 amide bonds. The molecular weight excluding hydrogens is 432 g/mol. The van der Waals surface area contributed by atoms with Crippen molar-refractivity contribution in [2.75, 3.05) is 6.61 Å². The molecule has 0 aromatic carbocycles. The number of carbonyl (C=O) groups is 1. The van der Waals surface area contributed by atoms with E-state index in [4.69, 9.17) is 9.47 Å². The first-order chi connectivity index (χ1) is 17.0. The summed E-state index contributed by atoms with van der Waals surface area (Å²) in [7, 11) is 0. The van der Waals surface area contributed by atoms with Crippen LogP contribution in [-0.2, 0) is 14.3 Å². The van der Waals surface area contributed by atoms with Crippen molar-refractivity contribution in [2.24, 2.45) is 5.92 Å². The highest BCUT2D eigenvalue weighted by Gasteiger charge is 2.21. The predicted molar refractivity (Wildman–Crippen MR) is 153 cm³/mol. The van der Waals surface area contributed by atoms with Gasteiger partial charge in [0.05, 0.1) is 6.61 Å². The van der Waals surface area contributed by atoms with E-state index in [1.54, 1.807) is 13.0 Å². The van der Waals surface area contributed by atoms with Gasteiger partial charge in [-0.1, -0.05) is 155 Å². The van der Waals surface area contributed by atoms with Crippen LogP contribution in [0.1, 0.15) is 156 Å². The van der Waals surface area contributed by atoms with Gasteiger partial charge in [0.2, 0.25) is 6.29 Å². The summed E-state index contributed by atoms with van der Waals surface area (Å²) in [6.07, 6.45) is 28.7. The third kappa shape index (κ3) is 23.1. The van der Waals surface area contributed by atoms with Gasteiger partial charge in [-0.15, -0.1) is 6.58 Å². The number of rotatable bonds is 27. The van der Waals surface area contributed by atoms with Crippen molar-refractivity contribution in [3.05, 3.63) is 24.8 Å². The Hall–Kier alpha value is -1.09. The highest BCUT2D eigenvalue weighted by Crippen LogP contribution is 2.25. The standard InChI is InChI=1S/C32H60O3/c1-6-9-11-13-15-17-18-20-22-24-26-30(25-23-21-19-16-14-12-10-7-2)28-31(34-27-8-3)35-32(33)29(4)5/h8,30-31H,3-4,6-7,9-28H2,1-2,5H3. The molecule has 0 heterocycles. The van der Waals surface area contributed by atoms with Crippen LogP contribution in [0.3, 0.4) is 0 Å². The molecule has 0 aromatic rings. The summed E-state index contributed by atoms with van der Waals surface area (Å²) in [5, 5.41) is 0. The predicted octanol–water partition coefficient (Wildman–Crippen LogP) is 10.5. The van der Waals surface area contributed by atoms with Crippen LogP contribution in [0, 0.1) is 5.92 Å². The van der Waals surface area contributed by atoms with Gasteiger partial charge in [-0.25, -0.2) is 4.79 Å². The van der Waals surface area contributed by atoms with Gasteiger partial charge in [-0.3, -0.25) is 0 Å². The van der Waals surface area contributed by atoms with Crippen molar-refractivity contribution in [3.8, 4) is 0 Å². The molecule has 0 spiro atoms. The fourth-order valence-electron chi connectivity index (χ4n) is 4.69. The topological polar surface area (TPSA) is 35.5 Å². The molecule has 0 aromatic heterocycles. The summed E-state index contributed by atoms with van der Waals surface area (Å²) in [4.78, 5) is 12.1. The molecule has 0 saturated carbocycles. The molecule has 0 aliphatic carbocycles. The smallest absolute Gasteiger partial charge is 0.335 e. The second-order valence-corrected chi connectivity index (χ2v) is 10.6. The number of esters is 1. The average Bonchev–Trinajstić information content (AvgIpc) is 2.84. The molecule has 2 atom stereocenters. The van der Waals surface area contributed by atoms with Crippen LogP contribution in [-0.4, -0.2) is 18.9 Å². The fraction of sp³-hybridized carbons (Fsp3) is 0.844.